The number of hydrogen-bond acceptors (Lipinski definition) is 5. The Kier molecular flexibility index (Phi) is 4.01. The molecule has 0 saturated carbocycles. The first-order valence-electron chi connectivity index (χ1n) is 6.07. The molecule has 0 saturated heterocycles. The molecule has 3 aromatic rings. The van der Waals surface area contributed by atoms with E-state index in [-0.39, 0.29) is 5.91 Å². The van der Waals surface area contributed by atoms with E-state index in [1.807, 2.05) is 24.4 Å². The smallest absolute Gasteiger partial charge is 0.268 e. The molecule has 21 heavy (non-hydrogen) atoms. The number of carbonyl (C=O) groups excluding carboxylic acids is 1. The van der Waals surface area contributed by atoms with Gasteiger partial charge in [0.05, 0.1) is 15.6 Å². The van der Waals surface area contributed by atoms with Crippen LogP contribution in [0.1, 0.15) is 15.4 Å². The number of thiazole rings is 1. The fourth-order valence-electron chi connectivity index (χ4n) is 1.74. The first-order chi connectivity index (χ1) is 10.1. The lowest BCUT2D eigenvalue weighted by atomic mass is 10.3. The molecule has 0 bridgehead atoms. The van der Waals surface area contributed by atoms with Crippen LogP contribution in [0.4, 0.5) is 5.82 Å². The largest absolute Gasteiger partial charge is 0.306 e. The molecule has 0 unspecified atom stereocenters. The summed E-state index contributed by atoms with van der Waals surface area (Å²) in [7, 11) is 0. The predicted octanol–water partition coefficient (Wildman–Crippen LogP) is 4.48. The fraction of sp³-hybridized carbons (Fsp3) is 0.0714. The Hall–Kier alpha value is -1.76. The third-order valence-electron chi connectivity index (χ3n) is 2.70. The van der Waals surface area contributed by atoms with E-state index < -0.39 is 0 Å². The van der Waals surface area contributed by atoms with Gasteiger partial charge in [-0.05, 0) is 30.5 Å². The number of rotatable bonds is 3. The van der Waals surface area contributed by atoms with Crippen LogP contribution in [0.5, 0.6) is 0 Å². The summed E-state index contributed by atoms with van der Waals surface area (Å²) < 4.78 is 0. The van der Waals surface area contributed by atoms with Crippen LogP contribution in [0.15, 0.2) is 35.8 Å². The Balaban J connectivity index is 1.83. The van der Waals surface area contributed by atoms with E-state index in [2.05, 4.69) is 15.3 Å². The third-order valence-corrected chi connectivity index (χ3v) is 5.12. The second kappa shape index (κ2) is 5.93. The van der Waals surface area contributed by atoms with Crippen LogP contribution in [0.3, 0.4) is 0 Å². The van der Waals surface area contributed by atoms with E-state index in [4.69, 9.17) is 11.6 Å². The van der Waals surface area contributed by atoms with E-state index >= 15 is 0 Å². The average Bonchev–Trinajstić information content (AvgIpc) is 3.10. The molecule has 3 aromatic heterocycles. The highest BCUT2D eigenvalue weighted by molar-refractivity contribution is 7.22. The molecule has 3 rings (SSSR count). The number of pyridine rings is 1. The van der Waals surface area contributed by atoms with E-state index in [0.29, 0.717) is 15.7 Å². The SMILES string of the molecule is Cc1nc(-c2cccs2)sc1C(=O)Nc1ccc(Cl)cn1. The number of nitrogens with one attached hydrogen (secondary N) is 1. The van der Waals surface area contributed by atoms with Crippen molar-refractivity contribution in [3.8, 4) is 9.88 Å². The summed E-state index contributed by atoms with van der Waals surface area (Å²) in [6, 6.07) is 7.30. The van der Waals surface area contributed by atoms with Crippen molar-refractivity contribution in [3.05, 3.63) is 51.4 Å². The molecule has 1 amide bonds. The molecule has 0 aromatic carbocycles. The normalized spacial score (nSPS) is 10.6. The van der Waals surface area contributed by atoms with Crippen molar-refractivity contribution >= 4 is 46.0 Å². The molecule has 0 radical (unpaired) electrons. The number of aromatic nitrogens is 2. The van der Waals surface area contributed by atoms with Crippen molar-refractivity contribution in [2.45, 2.75) is 6.92 Å². The summed E-state index contributed by atoms with van der Waals surface area (Å²) >= 11 is 8.75. The van der Waals surface area contributed by atoms with Gasteiger partial charge in [0.1, 0.15) is 15.7 Å². The van der Waals surface area contributed by atoms with Gasteiger partial charge in [-0.15, -0.1) is 22.7 Å². The monoisotopic (exact) mass is 335 g/mol. The van der Waals surface area contributed by atoms with E-state index in [1.165, 1.54) is 17.5 Å². The summed E-state index contributed by atoms with van der Waals surface area (Å²) in [5, 5.41) is 6.13. The Morgan fingerprint density at radius 3 is 2.86 bits per heavy atom. The lowest BCUT2D eigenvalue weighted by molar-refractivity contribution is 0.102. The Morgan fingerprint density at radius 2 is 2.19 bits per heavy atom. The van der Waals surface area contributed by atoms with Crippen molar-refractivity contribution in [3.63, 3.8) is 0 Å². The number of hydrogen-bond donors (Lipinski definition) is 1. The molecule has 3 heterocycles. The highest BCUT2D eigenvalue weighted by Crippen LogP contribution is 2.31. The number of anilines is 1. The third kappa shape index (κ3) is 3.12. The van der Waals surface area contributed by atoms with Gasteiger partial charge in [-0.25, -0.2) is 9.97 Å². The maximum absolute atomic E-state index is 12.3. The lowest BCUT2D eigenvalue weighted by Gasteiger charge is -2.02. The van der Waals surface area contributed by atoms with Crippen molar-refractivity contribution in [1.29, 1.82) is 0 Å². The summed E-state index contributed by atoms with van der Waals surface area (Å²) in [5.41, 5.74) is 0.717. The highest BCUT2D eigenvalue weighted by Gasteiger charge is 2.17. The van der Waals surface area contributed by atoms with Crippen molar-refractivity contribution in [1.82, 2.24) is 9.97 Å². The first-order valence-corrected chi connectivity index (χ1v) is 8.15. The zero-order chi connectivity index (χ0) is 14.8. The minimum atomic E-state index is -0.206. The van der Waals surface area contributed by atoms with Gasteiger partial charge >= 0.3 is 0 Å². The molecule has 7 heteroatoms. The fourth-order valence-corrected chi connectivity index (χ4v) is 3.61. The van der Waals surface area contributed by atoms with Crippen LogP contribution >= 0.6 is 34.3 Å². The molecular formula is C14H10ClN3OS2. The summed E-state index contributed by atoms with van der Waals surface area (Å²) in [4.78, 5) is 22.5. The number of nitrogens with zero attached hydrogens (tertiary/aromatic N) is 2. The maximum atomic E-state index is 12.3. The minimum absolute atomic E-state index is 0.206. The molecule has 0 atom stereocenters. The standard InChI is InChI=1S/C14H10ClN3OS2/c1-8-12(21-14(17-8)10-3-2-6-20-10)13(19)18-11-5-4-9(15)7-16-11/h2-7H,1H3,(H,16,18,19). The van der Waals surface area contributed by atoms with Crippen LogP contribution in [0.2, 0.25) is 5.02 Å². The number of aryl methyl sites for hydroxylation is 1. The Bertz CT molecular complexity index is 766. The molecule has 0 aliphatic heterocycles. The quantitative estimate of drug-likeness (QED) is 0.767. The van der Waals surface area contributed by atoms with Gasteiger partial charge in [0.25, 0.3) is 5.91 Å². The van der Waals surface area contributed by atoms with Crippen LogP contribution in [0.25, 0.3) is 9.88 Å². The van der Waals surface area contributed by atoms with Crippen molar-refractivity contribution in [2.24, 2.45) is 0 Å². The number of carbonyl (C=O) groups is 1. The van der Waals surface area contributed by atoms with Crippen molar-refractivity contribution < 1.29 is 4.79 Å². The average molecular weight is 336 g/mol. The van der Waals surface area contributed by atoms with Gasteiger partial charge in [-0.3, -0.25) is 4.79 Å². The molecule has 0 aliphatic carbocycles. The molecule has 0 fully saturated rings. The van der Waals surface area contributed by atoms with Crippen molar-refractivity contribution in [2.75, 3.05) is 5.32 Å². The van der Waals surface area contributed by atoms with E-state index in [1.54, 1.807) is 23.5 Å². The molecular weight excluding hydrogens is 326 g/mol. The summed E-state index contributed by atoms with van der Waals surface area (Å²) in [6.07, 6.45) is 1.49. The van der Waals surface area contributed by atoms with Gasteiger partial charge in [-0.2, -0.15) is 0 Å². The van der Waals surface area contributed by atoms with E-state index in [9.17, 15) is 4.79 Å². The lowest BCUT2D eigenvalue weighted by Crippen LogP contribution is -2.12. The Morgan fingerprint density at radius 1 is 1.33 bits per heavy atom. The van der Waals surface area contributed by atoms with Gasteiger partial charge in [0, 0.05) is 6.20 Å². The van der Waals surface area contributed by atoms with Gasteiger partial charge in [0.2, 0.25) is 0 Å². The van der Waals surface area contributed by atoms with Gasteiger partial charge in [-0.1, -0.05) is 17.7 Å². The predicted molar refractivity (Wildman–Crippen MR) is 87.4 cm³/mol. The molecule has 1 N–H and O–H groups in total. The minimum Gasteiger partial charge on any atom is -0.306 e. The van der Waals surface area contributed by atoms with Gasteiger partial charge in [0.15, 0.2) is 0 Å². The molecule has 4 nitrogen and oxygen atoms in total. The van der Waals surface area contributed by atoms with Crippen LogP contribution in [-0.2, 0) is 0 Å². The number of thiophene rings is 1. The summed E-state index contributed by atoms with van der Waals surface area (Å²) in [6.45, 7) is 1.83. The van der Waals surface area contributed by atoms with Crippen LogP contribution in [0, 0.1) is 6.92 Å². The maximum Gasteiger partial charge on any atom is 0.268 e. The van der Waals surface area contributed by atoms with Crippen LogP contribution < -0.4 is 5.32 Å². The highest BCUT2D eigenvalue weighted by atomic mass is 35.5. The van der Waals surface area contributed by atoms with Crippen LogP contribution in [-0.4, -0.2) is 15.9 Å². The van der Waals surface area contributed by atoms with Gasteiger partial charge < -0.3 is 5.32 Å². The molecule has 0 aliphatic rings. The molecule has 106 valence electrons. The Labute approximate surface area is 134 Å². The number of amides is 1. The van der Waals surface area contributed by atoms with E-state index in [0.717, 1.165) is 15.6 Å². The zero-order valence-electron chi connectivity index (χ0n) is 11.0. The summed E-state index contributed by atoms with van der Waals surface area (Å²) in [5.74, 6) is 0.262. The zero-order valence-corrected chi connectivity index (χ0v) is 13.4. The topological polar surface area (TPSA) is 54.9 Å². The first kappa shape index (κ1) is 14.2. The second-order valence-electron chi connectivity index (χ2n) is 4.23. The number of halogens is 1. The second-order valence-corrected chi connectivity index (χ2v) is 6.61. The molecule has 0 spiro atoms.